The lowest BCUT2D eigenvalue weighted by molar-refractivity contribution is 0.0601. The summed E-state index contributed by atoms with van der Waals surface area (Å²) in [6.45, 7) is 2.25. The number of benzene rings is 1. The van der Waals surface area contributed by atoms with E-state index in [-0.39, 0.29) is 5.97 Å². The second-order valence-corrected chi connectivity index (χ2v) is 5.89. The fraction of sp³-hybridized carbons (Fsp3) is 0.444. The van der Waals surface area contributed by atoms with E-state index in [2.05, 4.69) is 13.0 Å². The van der Waals surface area contributed by atoms with E-state index in [1.807, 2.05) is 18.2 Å². The molecule has 1 aliphatic carbocycles. The average Bonchev–Trinajstić information content (AvgIpc) is 2.52. The molecule has 3 rings (SSSR count). The Labute approximate surface area is 125 Å². The molecule has 1 heterocycles. The largest absolute Gasteiger partial charge is 0.465 e. The fourth-order valence-corrected chi connectivity index (χ4v) is 3.30. The number of ether oxygens (including phenoxy) is 1. The van der Waals surface area contributed by atoms with Crippen LogP contribution in [0.25, 0.3) is 10.9 Å². The topological polar surface area (TPSA) is 39.2 Å². The molecule has 0 N–H and O–H groups in total. The molecule has 3 nitrogen and oxygen atoms in total. The second kappa shape index (κ2) is 5.84. The summed E-state index contributed by atoms with van der Waals surface area (Å²) in [5.74, 6) is 0.496. The first kappa shape index (κ1) is 14.1. The number of nitrogens with zero attached hydrogens (tertiary/aromatic N) is 1. The molecular formula is C18H21NO2. The van der Waals surface area contributed by atoms with Crippen molar-refractivity contribution in [2.75, 3.05) is 7.11 Å². The molecule has 0 amide bonds. The summed E-state index contributed by atoms with van der Waals surface area (Å²) in [6.07, 6.45) is 5.99. The zero-order chi connectivity index (χ0) is 14.8. The number of esters is 1. The van der Waals surface area contributed by atoms with E-state index in [4.69, 9.17) is 9.72 Å². The summed E-state index contributed by atoms with van der Waals surface area (Å²) < 4.78 is 4.77. The lowest BCUT2D eigenvalue weighted by Crippen LogP contribution is -2.15. The summed E-state index contributed by atoms with van der Waals surface area (Å²) in [4.78, 5) is 16.4. The molecule has 0 fully saturated rings. The lowest BCUT2D eigenvalue weighted by Gasteiger charge is -2.24. The van der Waals surface area contributed by atoms with Crippen LogP contribution in [0.15, 0.2) is 24.3 Å². The molecule has 0 bridgehead atoms. The normalized spacial score (nSPS) is 17.5. The van der Waals surface area contributed by atoms with Gasteiger partial charge in [0.1, 0.15) is 0 Å². The van der Waals surface area contributed by atoms with Gasteiger partial charge in [0, 0.05) is 11.1 Å². The van der Waals surface area contributed by atoms with Crippen molar-refractivity contribution in [3.05, 3.63) is 41.1 Å². The van der Waals surface area contributed by atoms with Crippen molar-refractivity contribution in [3.8, 4) is 0 Å². The molecule has 21 heavy (non-hydrogen) atoms. The first-order chi connectivity index (χ1) is 10.2. The molecule has 0 spiro atoms. The van der Waals surface area contributed by atoms with Crippen molar-refractivity contribution < 1.29 is 9.53 Å². The van der Waals surface area contributed by atoms with Crippen LogP contribution >= 0.6 is 0 Å². The van der Waals surface area contributed by atoms with Gasteiger partial charge in [0.05, 0.1) is 18.2 Å². The van der Waals surface area contributed by atoms with E-state index in [1.54, 1.807) is 0 Å². The lowest BCUT2D eigenvalue weighted by atomic mass is 9.83. The second-order valence-electron chi connectivity index (χ2n) is 5.89. The van der Waals surface area contributed by atoms with Crippen molar-refractivity contribution in [2.45, 2.75) is 39.0 Å². The Balaban J connectivity index is 1.97. The standard InChI is InChI=1S/C18H21NO2/c1-3-4-12-5-8-16-15(9-12)10-13-6-7-14(18(20)21-2)11-17(13)19-16/h6-7,10-12H,3-5,8-9H2,1-2H3/t12-/m0/s1. The first-order valence-corrected chi connectivity index (χ1v) is 7.72. The molecule has 0 unspecified atom stereocenters. The Morgan fingerprint density at radius 3 is 3.00 bits per heavy atom. The van der Waals surface area contributed by atoms with Crippen LogP contribution in [0.1, 0.15) is 47.8 Å². The molecule has 1 atom stereocenters. The van der Waals surface area contributed by atoms with Gasteiger partial charge in [-0.2, -0.15) is 0 Å². The monoisotopic (exact) mass is 283 g/mol. The van der Waals surface area contributed by atoms with Crippen LogP contribution in [0.3, 0.4) is 0 Å². The number of fused-ring (bicyclic) bond motifs is 2. The highest BCUT2D eigenvalue weighted by atomic mass is 16.5. The van der Waals surface area contributed by atoms with E-state index in [0.29, 0.717) is 5.56 Å². The summed E-state index contributed by atoms with van der Waals surface area (Å²) in [5.41, 5.74) is 4.05. The number of aryl methyl sites for hydroxylation is 1. The predicted octanol–water partition coefficient (Wildman–Crippen LogP) is 3.93. The molecule has 0 saturated carbocycles. The maximum Gasteiger partial charge on any atom is 0.337 e. The minimum atomic E-state index is -0.306. The molecule has 0 saturated heterocycles. The molecular weight excluding hydrogens is 262 g/mol. The van der Waals surface area contributed by atoms with Crippen molar-refractivity contribution in [1.29, 1.82) is 0 Å². The van der Waals surface area contributed by atoms with Crippen molar-refractivity contribution in [2.24, 2.45) is 5.92 Å². The number of aromatic nitrogens is 1. The highest BCUT2D eigenvalue weighted by Gasteiger charge is 2.20. The Kier molecular flexibility index (Phi) is 3.91. The van der Waals surface area contributed by atoms with E-state index < -0.39 is 0 Å². The van der Waals surface area contributed by atoms with Gasteiger partial charge in [-0.1, -0.05) is 25.8 Å². The Morgan fingerprint density at radius 2 is 2.24 bits per heavy atom. The molecule has 1 aromatic heterocycles. The average molecular weight is 283 g/mol. The minimum Gasteiger partial charge on any atom is -0.465 e. The van der Waals surface area contributed by atoms with Crippen LogP contribution in [-0.2, 0) is 17.6 Å². The summed E-state index contributed by atoms with van der Waals surface area (Å²) in [6, 6.07) is 7.87. The summed E-state index contributed by atoms with van der Waals surface area (Å²) >= 11 is 0. The third-order valence-electron chi connectivity index (χ3n) is 4.40. The van der Waals surface area contributed by atoms with Crippen LogP contribution in [-0.4, -0.2) is 18.1 Å². The quantitative estimate of drug-likeness (QED) is 0.801. The molecule has 1 aliphatic rings. The van der Waals surface area contributed by atoms with Gasteiger partial charge < -0.3 is 4.74 Å². The summed E-state index contributed by atoms with van der Waals surface area (Å²) in [5, 5.41) is 1.11. The highest BCUT2D eigenvalue weighted by Crippen LogP contribution is 2.29. The van der Waals surface area contributed by atoms with E-state index >= 15 is 0 Å². The molecule has 110 valence electrons. The van der Waals surface area contributed by atoms with Crippen LogP contribution in [0.4, 0.5) is 0 Å². The number of hydrogen-bond donors (Lipinski definition) is 0. The number of carbonyl (C=O) groups excluding carboxylic acids is 1. The Morgan fingerprint density at radius 1 is 1.38 bits per heavy atom. The zero-order valence-corrected chi connectivity index (χ0v) is 12.7. The highest BCUT2D eigenvalue weighted by molar-refractivity contribution is 5.94. The molecule has 0 aliphatic heterocycles. The number of rotatable bonds is 3. The van der Waals surface area contributed by atoms with Crippen molar-refractivity contribution in [3.63, 3.8) is 0 Å². The van der Waals surface area contributed by atoms with Gasteiger partial charge in [0.15, 0.2) is 0 Å². The van der Waals surface area contributed by atoms with Crippen molar-refractivity contribution in [1.82, 2.24) is 4.98 Å². The van der Waals surface area contributed by atoms with Gasteiger partial charge >= 0.3 is 5.97 Å². The van der Waals surface area contributed by atoms with Gasteiger partial charge in [0.2, 0.25) is 0 Å². The van der Waals surface area contributed by atoms with Gasteiger partial charge in [-0.25, -0.2) is 4.79 Å². The van der Waals surface area contributed by atoms with Gasteiger partial charge in [-0.15, -0.1) is 0 Å². The van der Waals surface area contributed by atoms with E-state index in [1.165, 1.54) is 37.6 Å². The smallest absolute Gasteiger partial charge is 0.337 e. The minimum absolute atomic E-state index is 0.306. The maximum absolute atomic E-state index is 11.6. The van der Waals surface area contributed by atoms with E-state index in [0.717, 1.165) is 29.7 Å². The van der Waals surface area contributed by atoms with Gasteiger partial charge in [0.25, 0.3) is 0 Å². The Hall–Kier alpha value is -1.90. The first-order valence-electron chi connectivity index (χ1n) is 7.72. The van der Waals surface area contributed by atoms with Gasteiger partial charge in [-0.3, -0.25) is 4.98 Å². The molecule has 0 radical (unpaired) electrons. The van der Waals surface area contributed by atoms with Crippen LogP contribution in [0.5, 0.6) is 0 Å². The van der Waals surface area contributed by atoms with Crippen LogP contribution in [0.2, 0.25) is 0 Å². The number of methoxy groups -OCH3 is 1. The molecule has 1 aromatic carbocycles. The molecule has 3 heteroatoms. The predicted molar refractivity (Wildman–Crippen MR) is 83.5 cm³/mol. The number of hydrogen-bond acceptors (Lipinski definition) is 3. The number of carbonyl (C=O) groups is 1. The maximum atomic E-state index is 11.6. The van der Waals surface area contributed by atoms with Crippen LogP contribution < -0.4 is 0 Å². The third kappa shape index (κ3) is 2.78. The fourth-order valence-electron chi connectivity index (χ4n) is 3.30. The van der Waals surface area contributed by atoms with E-state index in [9.17, 15) is 4.79 Å². The zero-order valence-electron chi connectivity index (χ0n) is 12.7. The van der Waals surface area contributed by atoms with Crippen LogP contribution in [0, 0.1) is 5.92 Å². The van der Waals surface area contributed by atoms with Gasteiger partial charge in [-0.05, 0) is 48.9 Å². The molecule has 2 aromatic rings. The third-order valence-corrected chi connectivity index (χ3v) is 4.40. The SMILES string of the molecule is CCC[C@H]1CCc2nc3cc(C(=O)OC)ccc3cc2C1. The Bertz CT molecular complexity index is 678. The van der Waals surface area contributed by atoms with Crippen molar-refractivity contribution >= 4 is 16.9 Å². The summed E-state index contributed by atoms with van der Waals surface area (Å²) in [7, 11) is 1.40. The number of pyridine rings is 1.